The van der Waals surface area contributed by atoms with Gasteiger partial charge in [-0.2, -0.15) is 0 Å². The van der Waals surface area contributed by atoms with Crippen LogP contribution in [0.1, 0.15) is 37.7 Å². The average Bonchev–Trinajstić information content (AvgIpc) is 3.18. The number of halogens is 1. The van der Waals surface area contributed by atoms with E-state index in [9.17, 15) is 5.11 Å². The molecule has 3 nitrogen and oxygen atoms in total. The van der Waals surface area contributed by atoms with Crippen LogP contribution in [-0.4, -0.2) is 23.9 Å². The van der Waals surface area contributed by atoms with Crippen LogP contribution in [0.5, 0.6) is 5.75 Å². The smallest absolute Gasteiger partial charge is 0.124 e. The second-order valence-electron chi connectivity index (χ2n) is 6.33. The van der Waals surface area contributed by atoms with Gasteiger partial charge >= 0.3 is 0 Å². The first-order chi connectivity index (χ1) is 10.7. The Balaban J connectivity index is 1.61. The highest BCUT2D eigenvalue weighted by Gasteiger charge is 2.20. The molecule has 22 heavy (non-hydrogen) atoms. The fraction of sp³-hybridized carbons (Fsp3) is 0.556. The highest BCUT2D eigenvalue weighted by Crippen LogP contribution is 2.29. The summed E-state index contributed by atoms with van der Waals surface area (Å²) < 4.78 is 6.16. The van der Waals surface area contributed by atoms with Crippen LogP contribution in [0, 0.1) is 5.92 Å². The minimum atomic E-state index is 0.224. The van der Waals surface area contributed by atoms with Crippen LogP contribution < -0.4 is 10.1 Å². The Bertz CT molecular complexity index is 526. The molecule has 0 spiro atoms. The molecule has 0 heterocycles. The molecule has 2 aliphatic rings. The van der Waals surface area contributed by atoms with E-state index in [0.29, 0.717) is 12.1 Å². The van der Waals surface area contributed by atoms with Crippen molar-refractivity contribution < 1.29 is 9.84 Å². The molecular weight excluding hydrogens is 298 g/mol. The summed E-state index contributed by atoms with van der Waals surface area (Å²) in [6.07, 6.45) is 10.4. The van der Waals surface area contributed by atoms with Crippen LogP contribution in [0.4, 0.5) is 0 Å². The number of benzene rings is 1. The number of ether oxygens (including phenoxy) is 1. The van der Waals surface area contributed by atoms with Crippen LogP contribution in [0.3, 0.4) is 0 Å². The van der Waals surface area contributed by atoms with Gasteiger partial charge in [-0.1, -0.05) is 23.8 Å². The Kier molecular flexibility index (Phi) is 5.40. The molecule has 1 aromatic carbocycles. The molecule has 0 amide bonds. The maximum atomic E-state index is 9.19. The Hall–Kier alpha value is -1.03. The summed E-state index contributed by atoms with van der Waals surface area (Å²) in [5, 5.41) is 13.5. The molecule has 1 aromatic rings. The van der Waals surface area contributed by atoms with E-state index in [1.807, 2.05) is 18.2 Å². The van der Waals surface area contributed by atoms with Crippen LogP contribution in [0.15, 0.2) is 30.4 Å². The van der Waals surface area contributed by atoms with E-state index in [4.69, 9.17) is 16.3 Å². The number of aliphatic hydroxyl groups is 1. The first-order valence-corrected chi connectivity index (χ1v) is 8.60. The molecular formula is C18H24ClNO2. The summed E-state index contributed by atoms with van der Waals surface area (Å²) in [6.45, 7) is 0.956. The van der Waals surface area contributed by atoms with E-state index in [2.05, 4.69) is 17.5 Å². The highest BCUT2D eigenvalue weighted by molar-refractivity contribution is 6.30. The largest absolute Gasteiger partial charge is 0.490 e. The molecule has 2 N–H and O–H groups in total. The molecule has 0 radical (unpaired) electrons. The van der Waals surface area contributed by atoms with Crippen molar-refractivity contribution in [2.75, 3.05) is 6.61 Å². The van der Waals surface area contributed by atoms with Crippen LogP contribution in [0.2, 0.25) is 5.02 Å². The average molecular weight is 322 g/mol. The molecule has 1 saturated carbocycles. The zero-order valence-electron chi connectivity index (χ0n) is 12.8. The molecule has 120 valence electrons. The second-order valence-corrected chi connectivity index (χ2v) is 6.76. The standard InChI is InChI=1S/C18H24ClNO2/c19-15-6-8-18(22-17-3-1-2-4-17)14(10-15)11-20-16-7-5-13(9-16)12-21/h5-8,10,13,16-17,20-21H,1-4,9,11-12H2/t13-,16+/m0/s1. The first kappa shape index (κ1) is 15.9. The van der Waals surface area contributed by atoms with Crippen LogP contribution in [-0.2, 0) is 6.54 Å². The van der Waals surface area contributed by atoms with Crippen molar-refractivity contribution in [2.24, 2.45) is 5.92 Å². The van der Waals surface area contributed by atoms with Gasteiger partial charge in [0.1, 0.15) is 5.75 Å². The molecule has 3 rings (SSSR count). The third-order valence-corrected chi connectivity index (χ3v) is 4.81. The summed E-state index contributed by atoms with van der Waals surface area (Å²) in [7, 11) is 0. The lowest BCUT2D eigenvalue weighted by molar-refractivity contribution is 0.207. The van der Waals surface area contributed by atoms with Gasteiger partial charge in [0.15, 0.2) is 0 Å². The van der Waals surface area contributed by atoms with Gasteiger partial charge in [0.25, 0.3) is 0 Å². The predicted molar refractivity (Wildman–Crippen MR) is 89.3 cm³/mol. The van der Waals surface area contributed by atoms with Crippen LogP contribution >= 0.6 is 11.6 Å². The third-order valence-electron chi connectivity index (χ3n) is 4.58. The van der Waals surface area contributed by atoms with E-state index in [-0.39, 0.29) is 12.5 Å². The molecule has 0 aliphatic heterocycles. The summed E-state index contributed by atoms with van der Waals surface area (Å²) in [4.78, 5) is 0. The molecule has 2 atom stereocenters. The van der Waals surface area contributed by atoms with Gasteiger partial charge in [0, 0.05) is 35.7 Å². The molecule has 0 saturated heterocycles. The molecule has 0 bridgehead atoms. The Labute approximate surface area is 137 Å². The summed E-state index contributed by atoms with van der Waals surface area (Å²) >= 11 is 6.14. The van der Waals surface area contributed by atoms with Crippen molar-refractivity contribution in [1.29, 1.82) is 0 Å². The van der Waals surface area contributed by atoms with Gasteiger partial charge in [0.05, 0.1) is 6.10 Å². The van der Waals surface area contributed by atoms with Gasteiger partial charge in [-0.05, 0) is 50.3 Å². The van der Waals surface area contributed by atoms with E-state index >= 15 is 0 Å². The lowest BCUT2D eigenvalue weighted by atomic mass is 10.1. The minimum absolute atomic E-state index is 0.224. The summed E-state index contributed by atoms with van der Waals surface area (Å²) in [5.41, 5.74) is 1.11. The second kappa shape index (κ2) is 7.49. The maximum absolute atomic E-state index is 9.19. The molecule has 4 heteroatoms. The zero-order chi connectivity index (χ0) is 15.4. The summed E-state index contributed by atoms with van der Waals surface area (Å²) in [5.74, 6) is 1.23. The van der Waals surface area contributed by atoms with E-state index in [1.54, 1.807) is 0 Å². The number of hydrogen-bond donors (Lipinski definition) is 2. The number of hydrogen-bond acceptors (Lipinski definition) is 3. The van der Waals surface area contributed by atoms with E-state index < -0.39 is 0 Å². The first-order valence-electron chi connectivity index (χ1n) is 8.22. The van der Waals surface area contributed by atoms with Gasteiger partial charge < -0.3 is 15.2 Å². The zero-order valence-corrected chi connectivity index (χ0v) is 13.6. The fourth-order valence-corrected chi connectivity index (χ4v) is 3.48. The molecule has 2 aliphatic carbocycles. The van der Waals surface area contributed by atoms with Crippen LogP contribution in [0.25, 0.3) is 0 Å². The normalized spacial score (nSPS) is 25.0. The topological polar surface area (TPSA) is 41.5 Å². The van der Waals surface area contributed by atoms with Crippen molar-refractivity contribution in [3.63, 3.8) is 0 Å². The molecule has 0 unspecified atom stereocenters. The number of aliphatic hydroxyl groups excluding tert-OH is 1. The van der Waals surface area contributed by atoms with Gasteiger partial charge in [0.2, 0.25) is 0 Å². The van der Waals surface area contributed by atoms with E-state index in [1.165, 1.54) is 12.8 Å². The SMILES string of the molecule is OC[C@H]1C=C[C@@H](NCc2cc(Cl)ccc2OC2CCCC2)C1. The van der Waals surface area contributed by atoms with Gasteiger partial charge in [-0.25, -0.2) is 0 Å². The van der Waals surface area contributed by atoms with Gasteiger partial charge in [-0.3, -0.25) is 0 Å². The predicted octanol–water partition coefficient (Wildman–Crippen LogP) is 3.69. The summed E-state index contributed by atoms with van der Waals surface area (Å²) in [6, 6.07) is 6.18. The third kappa shape index (κ3) is 4.03. The lowest BCUT2D eigenvalue weighted by Gasteiger charge is -2.19. The quantitative estimate of drug-likeness (QED) is 0.785. The minimum Gasteiger partial charge on any atom is -0.490 e. The number of nitrogens with one attached hydrogen (secondary N) is 1. The molecule has 0 aromatic heterocycles. The monoisotopic (exact) mass is 321 g/mol. The van der Waals surface area contributed by atoms with Gasteiger partial charge in [-0.15, -0.1) is 0 Å². The number of rotatable bonds is 6. The maximum Gasteiger partial charge on any atom is 0.124 e. The fourth-order valence-electron chi connectivity index (χ4n) is 3.29. The van der Waals surface area contributed by atoms with E-state index in [0.717, 1.165) is 42.1 Å². The van der Waals surface area contributed by atoms with Crippen molar-refractivity contribution in [3.05, 3.63) is 40.9 Å². The Morgan fingerprint density at radius 3 is 2.77 bits per heavy atom. The lowest BCUT2D eigenvalue weighted by Crippen LogP contribution is -2.26. The highest BCUT2D eigenvalue weighted by atomic mass is 35.5. The Morgan fingerprint density at radius 1 is 1.23 bits per heavy atom. The van der Waals surface area contributed by atoms with Crippen molar-refractivity contribution in [2.45, 2.75) is 50.8 Å². The van der Waals surface area contributed by atoms with Crippen molar-refractivity contribution in [3.8, 4) is 5.75 Å². The van der Waals surface area contributed by atoms with Crippen molar-refractivity contribution >= 4 is 11.6 Å². The van der Waals surface area contributed by atoms with Crippen molar-refractivity contribution in [1.82, 2.24) is 5.32 Å². The Morgan fingerprint density at radius 2 is 2.05 bits per heavy atom. The molecule has 1 fully saturated rings.